The van der Waals surface area contributed by atoms with E-state index in [2.05, 4.69) is 45.1 Å². The molecule has 0 saturated carbocycles. The molecule has 0 rings (SSSR count). The molecule has 0 radical (unpaired) electrons. The standard InChI is InChI=1S/C8H17.C4H9.3CH3.Al.Mg/c1-3-5-7-8-6-4-2;1-3-4-2;;;;;/h1,3-8H2,2H3;1,3-4H2,2H3;3*1H3;;/q2*-1;;;;;+2. The first-order chi connectivity index (χ1) is 7.56. The molecule has 0 aromatic rings. The maximum absolute atomic E-state index is 3.78. The van der Waals surface area contributed by atoms with Crippen LogP contribution in [0.1, 0.15) is 65.2 Å². The van der Waals surface area contributed by atoms with Gasteiger partial charge in [-0.3, -0.25) is 0 Å². The zero-order chi connectivity index (χ0) is 13.2. The predicted molar refractivity (Wildman–Crippen MR) is 88.1 cm³/mol. The maximum Gasteiger partial charge on any atom is 2.00 e. The zero-order valence-electron chi connectivity index (χ0n) is 13.4. The Morgan fingerprint density at radius 1 is 0.706 bits per heavy atom. The Hall–Kier alpha value is 1.30. The monoisotopic (exact) mass is 266 g/mol. The first-order valence-electron chi connectivity index (χ1n) is 7.15. The van der Waals surface area contributed by atoms with Crippen molar-refractivity contribution in [3.05, 3.63) is 13.8 Å². The van der Waals surface area contributed by atoms with E-state index in [1.165, 1.54) is 38.5 Å². The van der Waals surface area contributed by atoms with Crippen molar-refractivity contribution in [2.75, 3.05) is 0 Å². The van der Waals surface area contributed by atoms with E-state index in [0.29, 0.717) is 0 Å². The van der Waals surface area contributed by atoms with Gasteiger partial charge >= 0.3 is 23.1 Å². The van der Waals surface area contributed by atoms with Gasteiger partial charge in [-0.2, -0.15) is 12.8 Å². The van der Waals surface area contributed by atoms with Gasteiger partial charge in [0.15, 0.2) is 0 Å². The molecular formula is C15H35AlMg. The molecule has 0 heterocycles. The summed E-state index contributed by atoms with van der Waals surface area (Å²) in [5.74, 6) is 6.92. The van der Waals surface area contributed by atoms with E-state index in [1.54, 1.807) is 0 Å². The molecule has 0 nitrogen and oxygen atoms in total. The van der Waals surface area contributed by atoms with Crippen molar-refractivity contribution in [3.63, 3.8) is 0 Å². The Labute approximate surface area is 133 Å². The summed E-state index contributed by atoms with van der Waals surface area (Å²) in [6.45, 7) is 11.7. The van der Waals surface area contributed by atoms with Crippen LogP contribution in [0, 0.1) is 13.8 Å². The molecule has 17 heavy (non-hydrogen) atoms. The summed E-state index contributed by atoms with van der Waals surface area (Å²) in [4.78, 5) is 0. The Balaban J connectivity index is -0.0000000806. The van der Waals surface area contributed by atoms with E-state index in [4.69, 9.17) is 0 Å². The average Bonchev–Trinajstić information content (AvgIpc) is 2.24. The summed E-state index contributed by atoms with van der Waals surface area (Å²) in [6, 6.07) is 0. The van der Waals surface area contributed by atoms with Crippen LogP contribution in [0.5, 0.6) is 0 Å². The van der Waals surface area contributed by atoms with Gasteiger partial charge in [-0.1, -0.05) is 52.4 Å². The van der Waals surface area contributed by atoms with Gasteiger partial charge < -0.3 is 13.8 Å². The molecule has 0 fully saturated rings. The van der Waals surface area contributed by atoms with Crippen molar-refractivity contribution < 1.29 is 0 Å². The van der Waals surface area contributed by atoms with Gasteiger partial charge in [0.1, 0.15) is 0 Å². The number of rotatable bonds is 6. The number of unbranched alkanes of at least 4 members (excludes halogenated alkanes) is 6. The first-order valence-corrected chi connectivity index (χ1v) is 10.6. The van der Waals surface area contributed by atoms with Gasteiger partial charge in [0.25, 0.3) is 14.1 Å². The van der Waals surface area contributed by atoms with Gasteiger partial charge in [0.2, 0.25) is 0 Å². The van der Waals surface area contributed by atoms with E-state index >= 15 is 0 Å². The van der Waals surface area contributed by atoms with Crippen LogP contribution >= 0.6 is 0 Å². The van der Waals surface area contributed by atoms with Crippen LogP contribution < -0.4 is 0 Å². The van der Waals surface area contributed by atoms with Gasteiger partial charge in [-0.25, -0.2) is 0 Å². The molecule has 0 aromatic heterocycles. The van der Waals surface area contributed by atoms with Crippen LogP contribution in [0.4, 0.5) is 0 Å². The molecule has 0 spiro atoms. The summed E-state index contributed by atoms with van der Waals surface area (Å²) < 4.78 is 0. The van der Waals surface area contributed by atoms with Crippen molar-refractivity contribution in [1.29, 1.82) is 0 Å². The second-order valence-electron chi connectivity index (χ2n) is 4.85. The van der Waals surface area contributed by atoms with Crippen LogP contribution in [-0.4, -0.2) is 37.2 Å². The molecule has 0 aliphatic heterocycles. The molecule has 0 N–H and O–H groups in total. The van der Waals surface area contributed by atoms with Crippen LogP contribution in [0.25, 0.3) is 0 Å². The van der Waals surface area contributed by atoms with E-state index in [1.807, 2.05) is 0 Å². The van der Waals surface area contributed by atoms with Crippen molar-refractivity contribution in [2.45, 2.75) is 82.6 Å². The van der Waals surface area contributed by atoms with Crippen LogP contribution in [-0.2, 0) is 0 Å². The van der Waals surface area contributed by atoms with E-state index in [9.17, 15) is 0 Å². The number of hydrogen-bond donors (Lipinski definition) is 0. The van der Waals surface area contributed by atoms with E-state index in [-0.39, 0.29) is 37.2 Å². The van der Waals surface area contributed by atoms with Crippen molar-refractivity contribution in [1.82, 2.24) is 0 Å². The van der Waals surface area contributed by atoms with Crippen LogP contribution in [0.3, 0.4) is 0 Å². The van der Waals surface area contributed by atoms with Crippen molar-refractivity contribution in [2.24, 2.45) is 0 Å². The van der Waals surface area contributed by atoms with Gasteiger partial charge in [0, 0.05) is 0 Å². The van der Waals surface area contributed by atoms with Crippen LogP contribution in [0.2, 0.25) is 17.4 Å². The van der Waals surface area contributed by atoms with Crippen molar-refractivity contribution >= 4 is 37.2 Å². The topological polar surface area (TPSA) is 0 Å². The Morgan fingerprint density at radius 3 is 1.29 bits per heavy atom. The smallest absolute Gasteiger partial charge is 0.343 e. The molecule has 0 atom stereocenters. The third-order valence-electron chi connectivity index (χ3n) is 1.71. The normalized spacial score (nSPS) is 7.94. The molecule has 100 valence electrons. The Morgan fingerprint density at radius 2 is 1.06 bits per heavy atom. The second-order valence-corrected chi connectivity index (χ2v) is 8.32. The summed E-state index contributed by atoms with van der Waals surface area (Å²) in [7, 11) is 0. The largest absolute Gasteiger partial charge is 2.00 e. The fraction of sp³-hybridized carbons (Fsp3) is 0.867. The quantitative estimate of drug-likeness (QED) is 0.324. The second kappa shape index (κ2) is 30.4. The number of hydrogen-bond acceptors (Lipinski definition) is 0. The summed E-state index contributed by atoms with van der Waals surface area (Å²) >= 11 is -0.139. The minimum atomic E-state index is -0.139. The molecule has 0 aliphatic carbocycles. The van der Waals surface area contributed by atoms with Crippen molar-refractivity contribution in [3.8, 4) is 0 Å². The summed E-state index contributed by atoms with van der Waals surface area (Å²) in [6.07, 6.45) is 10.3. The molecule has 0 saturated heterocycles. The molecule has 0 bridgehead atoms. The Kier molecular flexibility index (Phi) is 47.9. The molecule has 0 amide bonds. The maximum atomic E-state index is 3.78. The minimum absolute atomic E-state index is 0. The molecule has 0 aliphatic rings. The minimum Gasteiger partial charge on any atom is -0.343 e. The van der Waals surface area contributed by atoms with E-state index < -0.39 is 0 Å². The van der Waals surface area contributed by atoms with Gasteiger partial charge in [-0.15, -0.1) is 17.4 Å². The third-order valence-corrected chi connectivity index (χ3v) is 1.71. The van der Waals surface area contributed by atoms with Gasteiger partial charge in [-0.05, 0) is 0 Å². The molecule has 0 aromatic carbocycles. The summed E-state index contributed by atoms with van der Waals surface area (Å²) in [5, 5.41) is 0. The van der Waals surface area contributed by atoms with Crippen LogP contribution in [0.15, 0.2) is 0 Å². The molecular weight excluding hydrogens is 231 g/mol. The van der Waals surface area contributed by atoms with Gasteiger partial charge in [0.05, 0.1) is 0 Å². The summed E-state index contributed by atoms with van der Waals surface area (Å²) in [5.41, 5.74) is 0. The van der Waals surface area contributed by atoms with E-state index in [0.717, 1.165) is 12.8 Å². The average molecular weight is 267 g/mol. The fourth-order valence-corrected chi connectivity index (χ4v) is 0.780. The molecule has 2 heteroatoms. The SMILES string of the molecule is [CH2-]CCC.[CH2-]CCCCCCC.[CH3][Al]([CH3])[CH3].[Mg+2]. The third kappa shape index (κ3) is 76.0. The Bertz CT molecular complexity index is 74.2. The molecule has 0 unspecified atom stereocenters. The predicted octanol–water partition coefficient (Wildman–Crippen LogP) is 5.79. The first kappa shape index (κ1) is 26.8. The zero-order valence-corrected chi connectivity index (χ0v) is 15.9. The fourth-order valence-electron chi connectivity index (χ4n) is 0.780.